The molecule has 3 rings (SSSR count). The zero-order chi connectivity index (χ0) is 19.4. The number of nitrogens with one attached hydrogen (secondary N) is 1. The molecule has 0 atom stereocenters. The first-order valence-corrected chi connectivity index (χ1v) is 9.07. The van der Waals surface area contributed by atoms with Crippen molar-refractivity contribution < 1.29 is 9.72 Å². The Morgan fingerprint density at radius 2 is 2.04 bits per heavy atom. The fraction of sp³-hybridized carbons (Fsp3) is 0.100. The minimum absolute atomic E-state index is 0.0179. The molecule has 0 spiro atoms. The highest BCUT2D eigenvalue weighted by molar-refractivity contribution is 7.14. The third-order valence-corrected chi connectivity index (χ3v) is 4.67. The Morgan fingerprint density at radius 3 is 2.81 bits per heavy atom. The third kappa shape index (κ3) is 4.65. The van der Waals surface area contributed by atoms with E-state index in [0.29, 0.717) is 10.7 Å². The van der Waals surface area contributed by atoms with Crippen LogP contribution in [-0.2, 0) is 4.79 Å². The lowest BCUT2D eigenvalue weighted by atomic mass is 10.0. The quantitative estimate of drug-likeness (QED) is 0.384. The summed E-state index contributed by atoms with van der Waals surface area (Å²) in [5.41, 5.74) is 4.69. The predicted octanol–water partition coefficient (Wildman–Crippen LogP) is 4.99. The standard InChI is InChI=1S/C20H17N3O3S/c1-13-6-7-14(2)17(10-13)18-12-27-20(21-18)22-19(24)9-8-15-4-3-5-16(11-15)23(25)26/h3-12H,1-2H3,(H,21,22,24)/b9-8+. The van der Waals surface area contributed by atoms with Gasteiger partial charge in [-0.2, -0.15) is 0 Å². The summed E-state index contributed by atoms with van der Waals surface area (Å²) in [5, 5.41) is 15.9. The molecule has 0 bridgehead atoms. The summed E-state index contributed by atoms with van der Waals surface area (Å²) >= 11 is 1.35. The number of anilines is 1. The Kier molecular flexibility index (Phi) is 5.42. The first-order valence-electron chi connectivity index (χ1n) is 8.19. The number of thiazole rings is 1. The van der Waals surface area contributed by atoms with E-state index >= 15 is 0 Å². The lowest BCUT2D eigenvalue weighted by Gasteiger charge is -2.03. The molecule has 1 amide bonds. The smallest absolute Gasteiger partial charge is 0.270 e. The summed E-state index contributed by atoms with van der Waals surface area (Å²) in [6.45, 7) is 4.05. The van der Waals surface area contributed by atoms with Gasteiger partial charge in [-0.25, -0.2) is 4.98 Å². The van der Waals surface area contributed by atoms with Crippen LogP contribution in [0, 0.1) is 24.0 Å². The van der Waals surface area contributed by atoms with Gasteiger partial charge in [0.25, 0.3) is 5.69 Å². The van der Waals surface area contributed by atoms with E-state index in [0.717, 1.165) is 22.4 Å². The predicted molar refractivity (Wildman–Crippen MR) is 108 cm³/mol. The van der Waals surface area contributed by atoms with E-state index in [-0.39, 0.29) is 11.6 Å². The summed E-state index contributed by atoms with van der Waals surface area (Å²) in [5.74, 6) is -0.344. The maximum absolute atomic E-state index is 12.1. The lowest BCUT2D eigenvalue weighted by molar-refractivity contribution is -0.384. The van der Waals surface area contributed by atoms with Crippen LogP contribution < -0.4 is 5.32 Å². The zero-order valence-electron chi connectivity index (χ0n) is 14.8. The molecule has 1 N–H and O–H groups in total. The van der Waals surface area contributed by atoms with Gasteiger partial charge >= 0.3 is 0 Å². The molecular weight excluding hydrogens is 362 g/mol. The van der Waals surface area contributed by atoms with Gasteiger partial charge in [-0.3, -0.25) is 20.2 Å². The van der Waals surface area contributed by atoms with Gasteiger partial charge in [-0.15, -0.1) is 11.3 Å². The molecule has 0 saturated heterocycles. The molecule has 27 heavy (non-hydrogen) atoms. The lowest BCUT2D eigenvalue weighted by Crippen LogP contribution is -2.07. The largest absolute Gasteiger partial charge is 0.298 e. The number of benzene rings is 2. The monoisotopic (exact) mass is 379 g/mol. The highest BCUT2D eigenvalue weighted by atomic mass is 32.1. The Balaban J connectivity index is 1.70. The normalized spacial score (nSPS) is 10.9. The molecule has 2 aromatic carbocycles. The van der Waals surface area contributed by atoms with Crippen molar-refractivity contribution >= 4 is 34.1 Å². The van der Waals surface area contributed by atoms with Gasteiger partial charge in [0.1, 0.15) is 0 Å². The minimum atomic E-state index is -0.470. The number of nitrogens with zero attached hydrogens (tertiary/aromatic N) is 2. The van der Waals surface area contributed by atoms with E-state index in [2.05, 4.69) is 16.4 Å². The molecule has 1 heterocycles. The van der Waals surface area contributed by atoms with E-state index in [1.54, 1.807) is 12.1 Å². The molecule has 3 aromatic rings. The second kappa shape index (κ2) is 7.92. The number of aromatic nitrogens is 1. The van der Waals surface area contributed by atoms with Gasteiger partial charge in [-0.1, -0.05) is 29.8 Å². The van der Waals surface area contributed by atoms with Gasteiger partial charge in [0.15, 0.2) is 5.13 Å². The summed E-state index contributed by atoms with van der Waals surface area (Å²) in [6.07, 6.45) is 2.86. The van der Waals surface area contributed by atoms with Crippen molar-refractivity contribution in [2.45, 2.75) is 13.8 Å². The maximum Gasteiger partial charge on any atom is 0.270 e. The molecule has 7 heteroatoms. The Morgan fingerprint density at radius 1 is 1.22 bits per heavy atom. The number of nitro benzene ring substituents is 1. The molecule has 0 saturated carbocycles. The van der Waals surface area contributed by atoms with Crippen LogP contribution in [0.5, 0.6) is 0 Å². The van der Waals surface area contributed by atoms with Crippen LogP contribution in [0.25, 0.3) is 17.3 Å². The number of hydrogen-bond donors (Lipinski definition) is 1. The third-order valence-electron chi connectivity index (χ3n) is 3.91. The molecule has 0 unspecified atom stereocenters. The second-order valence-corrected chi connectivity index (χ2v) is 6.89. The molecule has 1 aromatic heterocycles. The first kappa shape index (κ1) is 18.5. The average Bonchev–Trinajstić information content (AvgIpc) is 3.10. The van der Waals surface area contributed by atoms with Crippen LogP contribution in [-0.4, -0.2) is 15.8 Å². The second-order valence-electron chi connectivity index (χ2n) is 6.03. The SMILES string of the molecule is Cc1ccc(C)c(-c2csc(NC(=O)/C=C/c3cccc([N+](=O)[O-])c3)n2)c1. The molecule has 0 aliphatic rings. The molecule has 0 aliphatic carbocycles. The molecule has 6 nitrogen and oxygen atoms in total. The zero-order valence-corrected chi connectivity index (χ0v) is 15.6. The van der Waals surface area contributed by atoms with E-state index in [4.69, 9.17) is 0 Å². The molecule has 0 aliphatic heterocycles. The van der Waals surface area contributed by atoms with Crippen LogP contribution in [0.15, 0.2) is 53.9 Å². The number of nitro groups is 1. The fourth-order valence-corrected chi connectivity index (χ4v) is 3.24. The van der Waals surface area contributed by atoms with Gasteiger partial charge in [0.05, 0.1) is 10.6 Å². The van der Waals surface area contributed by atoms with Gasteiger partial charge < -0.3 is 0 Å². The van der Waals surface area contributed by atoms with Crippen LogP contribution in [0.1, 0.15) is 16.7 Å². The van der Waals surface area contributed by atoms with Crippen LogP contribution in [0.2, 0.25) is 0 Å². The van der Waals surface area contributed by atoms with Crippen molar-refractivity contribution in [3.8, 4) is 11.3 Å². The van der Waals surface area contributed by atoms with Gasteiger partial charge in [0, 0.05) is 29.2 Å². The van der Waals surface area contributed by atoms with Crippen molar-refractivity contribution in [2.75, 3.05) is 5.32 Å². The highest BCUT2D eigenvalue weighted by Gasteiger charge is 2.09. The van der Waals surface area contributed by atoms with E-state index in [1.165, 1.54) is 35.6 Å². The Bertz CT molecular complexity index is 1040. The average molecular weight is 379 g/mol. The Labute approximate surface area is 160 Å². The molecule has 136 valence electrons. The van der Waals surface area contributed by atoms with Crippen LogP contribution in [0.3, 0.4) is 0 Å². The minimum Gasteiger partial charge on any atom is -0.298 e. The number of hydrogen-bond acceptors (Lipinski definition) is 5. The summed E-state index contributed by atoms with van der Waals surface area (Å²) in [6, 6.07) is 12.2. The molecule has 0 fully saturated rings. The van der Waals surface area contributed by atoms with Gasteiger partial charge in [0.2, 0.25) is 5.91 Å². The summed E-state index contributed by atoms with van der Waals surface area (Å²) in [7, 11) is 0. The number of carbonyl (C=O) groups is 1. The van der Waals surface area contributed by atoms with E-state index in [1.807, 2.05) is 31.4 Å². The van der Waals surface area contributed by atoms with Crippen molar-refractivity contribution in [3.63, 3.8) is 0 Å². The fourth-order valence-electron chi connectivity index (χ4n) is 2.53. The van der Waals surface area contributed by atoms with E-state index in [9.17, 15) is 14.9 Å². The summed E-state index contributed by atoms with van der Waals surface area (Å²) in [4.78, 5) is 26.9. The van der Waals surface area contributed by atoms with E-state index < -0.39 is 4.92 Å². The van der Waals surface area contributed by atoms with Crippen LogP contribution >= 0.6 is 11.3 Å². The Hall–Kier alpha value is -3.32. The number of carbonyl (C=O) groups excluding carboxylic acids is 1. The molecular formula is C20H17N3O3S. The molecule has 0 radical (unpaired) electrons. The van der Waals surface area contributed by atoms with Gasteiger partial charge in [-0.05, 0) is 37.1 Å². The number of aryl methyl sites for hydroxylation is 2. The summed E-state index contributed by atoms with van der Waals surface area (Å²) < 4.78 is 0. The van der Waals surface area contributed by atoms with Crippen molar-refractivity contribution in [1.82, 2.24) is 4.98 Å². The number of non-ortho nitro benzene ring substituents is 1. The maximum atomic E-state index is 12.1. The first-order chi connectivity index (χ1) is 12.9. The topological polar surface area (TPSA) is 85.1 Å². The van der Waals surface area contributed by atoms with Crippen molar-refractivity contribution in [1.29, 1.82) is 0 Å². The highest BCUT2D eigenvalue weighted by Crippen LogP contribution is 2.28. The number of rotatable bonds is 5. The van der Waals surface area contributed by atoms with Crippen molar-refractivity contribution in [2.24, 2.45) is 0 Å². The van der Waals surface area contributed by atoms with Crippen molar-refractivity contribution in [3.05, 3.63) is 80.7 Å². The number of amides is 1. The van der Waals surface area contributed by atoms with Crippen LogP contribution in [0.4, 0.5) is 10.8 Å².